The molecule has 1 atom stereocenters. The third-order valence-electron chi connectivity index (χ3n) is 6.39. The van der Waals surface area contributed by atoms with Gasteiger partial charge in [0.2, 0.25) is 0 Å². The lowest BCUT2D eigenvalue weighted by molar-refractivity contribution is 0.0672. The van der Waals surface area contributed by atoms with E-state index in [1.807, 2.05) is 17.9 Å². The number of aryl methyl sites for hydroxylation is 1. The lowest BCUT2D eigenvalue weighted by atomic mass is 9.92. The molecule has 4 heterocycles. The van der Waals surface area contributed by atoms with Gasteiger partial charge < -0.3 is 9.88 Å². The number of hydrogen-bond donors (Lipinski definition) is 1. The zero-order valence-electron chi connectivity index (χ0n) is 19.6. The van der Waals surface area contributed by atoms with E-state index in [4.69, 9.17) is 0 Å². The van der Waals surface area contributed by atoms with E-state index in [2.05, 4.69) is 24.9 Å². The first-order chi connectivity index (χ1) is 17.1. The number of likely N-dealkylation sites (tertiary alicyclic amines) is 1. The summed E-state index contributed by atoms with van der Waals surface area (Å²) in [7, 11) is 0. The summed E-state index contributed by atoms with van der Waals surface area (Å²) in [5.74, 6) is 0.728. The van der Waals surface area contributed by atoms with Crippen molar-refractivity contribution in [2.75, 3.05) is 13.1 Å². The van der Waals surface area contributed by atoms with Crippen molar-refractivity contribution in [3.63, 3.8) is 0 Å². The third-order valence-corrected chi connectivity index (χ3v) is 6.39. The van der Waals surface area contributed by atoms with Gasteiger partial charge in [-0.2, -0.15) is 0 Å². The lowest BCUT2D eigenvalue weighted by Crippen LogP contribution is -2.40. The Labute approximate surface area is 203 Å². The molecule has 5 rings (SSSR count). The van der Waals surface area contributed by atoms with Crippen molar-refractivity contribution in [3.8, 4) is 11.5 Å². The van der Waals surface area contributed by atoms with Crippen molar-refractivity contribution in [3.05, 3.63) is 95.2 Å². The van der Waals surface area contributed by atoms with Crippen LogP contribution in [0, 0.1) is 18.7 Å². The maximum atomic E-state index is 13.9. The second-order valence-electron chi connectivity index (χ2n) is 9.04. The van der Waals surface area contributed by atoms with Crippen LogP contribution < -0.4 is 0 Å². The smallest absolute Gasteiger partial charge is 0.255 e. The highest BCUT2D eigenvalue weighted by Gasteiger charge is 2.26. The van der Waals surface area contributed by atoms with E-state index in [1.165, 1.54) is 6.07 Å². The molecule has 1 aliphatic heterocycles. The topological polar surface area (TPSA) is 87.7 Å². The van der Waals surface area contributed by atoms with Crippen LogP contribution in [0.4, 0.5) is 4.39 Å². The van der Waals surface area contributed by atoms with E-state index in [9.17, 15) is 9.18 Å². The highest BCUT2D eigenvalue weighted by molar-refractivity contribution is 5.94. The van der Waals surface area contributed by atoms with Gasteiger partial charge in [0.15, 0.2) is 5.82 Å². The molecule has 1 fully saturated rings. The number of aromatic nitrogens is 5. The molecule has 3 aromatic heterocycles. The van der Waals surface area contributed by atoms with E-state index in [-0.39, 0.29) is 17.6 Å². The first-order valence-electron chi connectivity index (χ1n) is 11.9. The zero-order chi connectivity index (χ0) is 24.2. The molecular formula is C27H27FN6O. The summed E-state index contributed by atoms with van der Waals surface area (Å²) in [5.41, 5.74) is 4.49. The number of benzene rings is 1. The summed E-state index contributed by atoms with van der Waals surface area (Å²) in [5, 5.41) is 0. The molecule has 8 heteroatoms. The fraction of sp³-hybridized carbons (Fsp3) is 0.296. The Morgan fingerprint density at radius 1 is 1.09 bits per heavy atom. The van der Waals surface area contributed by atoms with Crippen LogP contribution in [0.5, 0.6) is 0 Å². The van der Waals surface area contributed by atoms with Crippen LogP contribution in [0.25, 0.3) is 11.5 Å². The first kappa shape index (κ1) is 22.8. The van der Waals surface area contributed by atoms with Crippen LogP contribution in [-0.4, -0.2) is 48.8 Å². The summed E-state index contributed by atoms with van der Waals surface area (Å²) < 4.78 is 13.9. The number of H-pyrrole nitrogens is 1. The number of halogens is 1. The summed E-state index contributed by atoms with van der Waals surface area (Å²) in [4.78, 5) is 36.2. The Morgan fingerprint density at radius 2 is 1.94 bits per heavy atom. The molecule has 4 aromatic rings. The Kier molecular flexibility index (Phi) is 6.61. The molecule has 35 heavy (non-hydrogen) atoms. The van der Waals surface area contributed by atoms with Crippen LogP contribution in [-0.2, 0) is 12.8 Å². The molecule has 1 unspecified atom stereocenters. The van der Waals surface area contributed by atoms with Gasteiger partial charge in [0.25, 0.3) is 5.91 Å². The number of rotatable bonds is 6. The number of nitrogens with zero attached hydrogens (tertiary/aromatic N) is 5. The molecule has 0 bridgehead atoms. The van der Waals surface area contributed by atoms with E-state index in [0.29, 0.717) is 24.1 Å². The minimum atomic E-state index is -0.248. The van der Waals surface area contributed by atoms with Gasteiger partial charge in [0.05, 0.1) is 11.3 Å². The molecular weight excluding hydrogens is 443 g/mol. The van der Waals surface area contributed by atoms with Gasteiger partial charge in [-0.25, -0.2) is 14.4 Å². The molecule has 0 aliphatic carbocycles. The predicted molar refractivity (Wildman–Crippen MR) is 130 cm³/mol. The number of hydrogen-bond acceptors (Lipinski definition) is 5. The molecule has 178 valence electrons. The van der Waals surface area contributed by atoms with Crippen molar-refractivity contribution in [1.29, 1.82) is 0 Å². The lowest BCUT2D eigenvalue weighted by Gasteiger charge is -2.33. The van der Waals surface area contributed by atoms with Crippen LogP contribution >= 0.6 is 0 Å². The average Bonchev–Trinajstić information content (AvgIpc) is 3.32. The minimum absolute atomic E-state index is 0.0272. The van der Waals surface area contributed by atoms with E-state index < -0.39 is 0 Å². The second-order valence-corrected chi connectivity index (χ2v) is 9.04. The number of carbonyl (C=O) groups is 1. The summed E-state index contributed by atoms with van der Waals surface area (Å²) >= 11 is 0. The van der Waals surface area contributed by atoms with Crippen molar-refractivity contribution in [2.24, 2.45) is 5.92 Å². The van der Waals surface area contributed by atoms with Gasteiger partial charge in [-0.05, 0) is 55.9 Å². The summed E-state index contributed by atoms with van der Waals surface area (Å²) in [6, 6.07) is 10.3. The number of pyridine rings is 1. The van der Waals surface area contributed by atoms with Gasteiger partial charge >= 0.3 is 0 Å². The fourth-order valence-corrected chi connectivity index (χ4v) is 4.61. The maximum absolute atomic E-state index is 13.9. The van der Waals surface area contributed by atoms with E-state index >= 15 is 0 Å². The molecule has 0 saturated carbocycles. The third kappa shape index (κ3) is 5.26. The van der Waals surface area contributed by atoms with E-state index in [0.717, 1.165) is 54.4 Å². The standard InChI is InChI=1S/C27H27FN6O/c1-18-15-32-26(33-18)25-24(29-10-11-30-25)13-19-5-4-12-34(17-19)27(35)21-8-9-22(31-16-21)14-20-6-2-3-7-23(20)28/h2-3,6-11,15-16,19H,4-5,12-14,17H2,1H3,(H,32,33). The van der Waals surface area contributed by atoms with Gasteiger partial charge in [-0.1, -0.05) is 18.2 Å². The minimum Gasteiger partial charge on any atom is -0.341 e. The van der Waals surface area contributed by atoms with Gasteiger partial charge in [-0.3, -0.25) is 14.8 Å². The van der Waals surface area contributed by atoms with Crippen molar-refractivity contribution < 1.29 is 9.18 Å². The van der Waals surface area contributed by atoms with Crippen LogP contribution in [0.2, 0.25) is 0 Å². The number of aromatic amines is 1. The zero-order valence-corrected chi connectivity index (χ0v) is 19.6. The number of piperidine rings is 1. The molecule has 0 radical (unpaired) electrons. The number of amides is 1. The summed E-state index contributed by atoms with van der Waals surface area (Å²) in [6.45, 7) is 3.33. The molecule has 1 N–H and O–H groups in total. The van der Waals surface area contributed by atoms with Crippen molar-refractivity contribution in [1.82, 2.24) is 29.8 Å². The molecule has 7 nitrogen and oxygen atoms in total. The summed E-state index contributed by atoms with van der Waals surface area (Å²) in [6.07, 6.45) is 9.84. The van der Waals surface area contributed by atoms with Crippen molar-refractivity contribution >= 4 is 5.91 Å². The molecule has 0 spiro atoms. The number of carbonyl (C=O) groups excluding carboxylic acids is 1. The number of imidazole rings is 1. The normalized spacial score (nSPS) is 15.8. The highest BCUT2D eigenvalue weighted by Crippen LogP contribution is 2.25. The Hall–Kier alpha value is -3.94. The highest BCUT2D eigenvalue weighted by atomic mass is 19.1. The molecule has 1 amide bonds. The second kappa shape index (κ2) is 10.1. The number of nitrogens with one attached hydrogen (secondary N) is 1. The van der Waals surface area contributed by atoms with Crippen LogP contribution in [0.3, 0.4) is 0 Å². The molecule has 1 aliphatic rings. The Bertz CT molecular complexity index is 1320. The largest absolute Gasteiger partial charge is 0.341 e. The van der Waals surface area contributed by atoms with Crippen LogP contribution in [0.15, 0.2) is 61.2 Å². The van der Waals surface area contributed by atoms with Gasteiger partial charge in [0.1, 0.15) is 11.5 Å². The molecule has 1 saturated heterocycles. The van der Waals surface area contributed by atoms with E-state index in [1.54, 1.807) is 49.1 Å². The van der Waals surface area contributed by atoms with Gasteiger partial charge in [-0.15, -0.1) is 0 Å². The SMILES string of the molecule is Cc1cnc(-c2nccnc2CC2CCCN(C(=O)c3ccc(Cc4ccccc4F)nc3)C2)[nH]1. The Morgan fingerprint density at radius 3 is 2.71 bits per heavy atom. The van der Waals surface area contributed by atoms with Crippen molar-refractivity contribution in [2.45, 2.75) is 32.6 Å². The average molecular weight is 471 g/mol. The maximum Gasteiger partial charge on any atom is 0.255 e. The molecule has 1 aromatic carbocycles. The monoisotopic (exact) mass is 470 g/mol. The van der Waals surface area contributed by atoms with Crippen LogP contribution in [0.1, 0.15) is 45.8 Å². The predicted octanol–water partition coefficient (Wildman–Crippen LogP) is 4.39. The quantitative estimate of drug-likeness (QED) is 0.451. The Balaban J connectivity index is 1.25. The fourth-order valence-electron chi connectivity index (χ4n) is 4.61. The first-order valence-corrected chi connectivity index (χ1v) is 11.9. The van der Waals surface area contributed by atoms with Gasteiger partial charge in [0, 0.05) is 55.7 Å².